The van der Waals surface area contributed by atoms with Gasteiger partial charge in [-0.15, -0.1) is 5.10 Å². The van der Waals surface area contributed by atoms with Crippen molar-refractivity contribution in [2.45, 2.75) is 32.2 Å². The van der Waals surface area contributed by atoms with Crippen LogP contribution in [-0.2, 0) is 11.3 Å². The number of aryl methyl sites for hydroxylation is 1. The van der Waals surface area contributed by atoms with Crippen molar-refractivity contribution in [1.29, 1.82) is 0 Å². The van der Waals surface area contributed by atoms with Crippen LogP contribution in [0.1, 0.15) is 25.7 Å². The quantitative estimate of drug-likeness (QED) is 0.743. The Hall–Kier alpha value is -1.43. The third kappa shape index (κ3) is 2.78. The maximum atomic E-state index is 12.1. The molecule has 1 aromatic heterocycles. The first-order valence-corrected chi connectivity index (χ1v) is 7.13. The second-order valence-electron chi connectivity index (χ2n) is 5.68. The first-order chi connectivity index (χ1) is 9.30. The first-order valence-electron chi connectivity index (χ1n) is 7.13. The molecule has 1 spiro atoms. The molecule has 1 aliphatic heterocycles. The van der Waals surface area contributed by atoms with Gasteiger partial charge in [0.2, 0.25) is 5.91 Å². The number of aromatic nitrogens is 3. The molecule has 19 heavy (non-hydrogen) atoms. The lowest BCUT2D eigenvalue weighted by molar-refractivity contribution is -0.123. The highest BCUT2D eigenvalue weighted by molar-refractivity contribution is 5.82. The summed E-state index contributed by atoms with van der Waals surface area (Å²) in [4.78, 5) is 12.1. The minimum Gasteiger partial charge on any atom is -0.356 e. The number of carbonyl (C=O) groups excluding carboxylic acids is 1. The molecular weight excluding hydrogens is 242 g/mol. The van der Waals surface area contributed by atoms with E-state index in [9.17, 15) is 4.79 Å². The van der Waals surface area contributed by atoms with E-state index in [1.165, 1.54) is 0 Å². The Kier molecular flexibility index (Phi) is 3.50. The Morgan fingerprint density at radius 2 is 2.32 bits per heavy atom. The Bertz CT molecular complexity index is 424. The maximum absolute atomic E-state index is 12.1. The van der Waals surface area contributed by atoms with Gasteiger partial charge in [0, 0.05) is 25.2 Å². The van der Waals surface area contributed by atoms with Gasteiger partial charge in [0.15, 0.2) is 0 Å². The molecule has 1 unspecified atom stereocenters. The van der Waals surface area contributed by atoms with Crippen LogP contribution in [0.4, 0.5) is 0 Å². The van der Waals surface area contributed by atoms with E-state index in [1.807, 2.05) is 6.20 Å². The molecule has 2 N–H and O–H groups in total. The Balaban J connectivity index is 1.36. The van der Waals surface area contributed by atoms with Crippen LogP contribution in [0.25, 0.3) is 0 Å². The van der Waals surface area contributed by atoms with E-state index in [2.05, 4.69) is 20.9 Å². The summed E-state index contributed by atoms with van der Waals surface area (Å²) in [5.41, 5.74) is 0.335. The van der Waals surface area contributed by atoms with E-state index >= 15 is 0 Å². The molecule has 2 heterocycles. The molecule has 0 aromatic carbocycles. The van der Waals surface area contributed by atoms with Gasteiger partial charge in [-0.1, -0.05) is 5.21 Å². The summed E-state index contributed by atoms with van der Waals surface area (Å²) in [6, 6.07) is 0. The Labute approximate surface area is 112 Å². The van der Waals surface area contributed by atoms with Crippen LogP contribution in [0.5, 0.6) is 0 Å². The fourth-order valence-electron chi connectivity index (χ4n) is 3.12. The van der Waals surface area contributed by atoms with Crippen LogP contribution >= 0.6 is 0 Å². The van der Waals surface area contributed by atoms with Gasteiger partial charge >= 0.3 is 0 Å². The summed E-state index contributed by atoms with van der Waals surface area (Å²) in [6.07, 6.45) is 7.81. The summed E-state index contributed by atoms with van der Waals surface area (Å²) >= 11 is 0. The van der Waals surface area contributed by atoms with Crippen LogP contribution in [-0.4, -0.2) is 40.5 Å². The van der Waals surface area contributed by atoms with Gasteiger partial charge < -0.3 is 10.6 Å². The lowest BCUT2D eigenvalue weighted by Crippen LogP contribution is -2.34. The van der Waals surface area contributed by atoms with E-state index in [1.54, 1.807) is 10.9 Å². The van der Waals surface area contributed by atoms with E-state index in [0.29, 0.717) is 5.41 Å². The normalized spacial score (nSPS) is 24.3. The fourth-order valence-corrected chi connectivity index (χ4v) is 3.12. The molecule has 6 heteroatoms. The lowest BCUT2D eigenvalue weighted by Gasteiger charge is -2.23. The minimum atomic E-state index is 0.250. The third-order valence-corrected chi connectivity index (χ3v) is 4.44. The van der Waals surface area contributed by atoms with E-state index in [-0.39, 0.29) is 11.8 Å². The van der Waals surface area contributed by atoms with Crippen molar-refractivity contribution in [3.8, 4) is 0 Å². The number of amides is 1. The van der Waals surface area contributed by atoms with Crippen molar-refractivity contribution in [1.82, 2.24) is 25.6 Å². The average Bonchev–Trinajstić information content (AvgIpc) is 2.89. The van der Waals surface area contributed by atoms with Crippen LogP contribution in [0.2, 0.25) is 0 Å². The number of piperidine rings is 1. The molecule has 3 rings (SSSR count). The van der Waals surface area contributed by atoms with Gasteiger partial charge in [-0.25, -0.2) is 0 Å². The van der Waals surface area contributed by atoms with E-state index in [4.69, 9.17) is 0 Å². The third-order valence-electron chi connectivity index (χ3n) is 4.44. The van der Waals surface area contributed by atoms with Gasteiger partial charge in [0.25, 0.3) is 0 Å². The van der Waals surface area contributed by atoms with Gasteiger partial charge in [-0.3, -0.25) is 9.48 Å². The van der Waals surface area contributed by atoms with E-state index in [0.717, 1.165) is 51.9 Å². The molecule has 1 aliphatic carbocycles. The van der Waals surface area contributed by atoms with Crippen LogP contribution in [0.3, 0.4) is 0 Å². The van der Waals surface area contributed by atoms with Gasteiger partial charge in [0.1, 0.15) is 0 Å². The highest BCUT2D eigenvalue weighted by Crippen LogP contribution is 2.58. The lowest BCUT2D eigenvalue weighted by atomic mass is 9.92. The highest BCUT2D eigenvalue weighted by atomic mass is 16.2. The number of hydrogen-bond acceptors (Lipinski definition) is 4. The molecule has 1 saturated heterocycles. The maximum Gasteiger partial charge on any atom is 0.223 e. The standard InChI is InChI=1S/C13H21N5O/c19-12(11-10-13(11)2-5-14-6-3-13)15-4-1-8-18-9-7-16-17-18/h7,9,11,14H,1-6,8,10H2,(H,15,19). The van der Waals surface area contributed by atoms with Crippen LogP contribution in [0, 0.1) is 11.3 Å². The SMILES string of the molecule is O=C(NCCCn1ccnn1)C1CC12CCNCC2. The number of rotatable bonds is 5. The molecule has 104 valence electrons. The molecule has 1 aromatic rings. The van der Waals surface area contributed by atoms with Crippen molar-refractivity contribution in [3.63, 3.8) is 0 Å². The zero-order chi connectivity index (χ0) is 13.1. The number of carbonyl (C=O) groups is 1. The topological polar surface area (TPSA) is 71.8 Å². The van der Waals surface area contributed by atoms with Crippen molar-refractivity contribution in [2.24, 2.45) is 11.3 Å². The van der Waals surface area contributed by atoms with Gasteiger partial charge in [-0.2, -0.15) is 0 Å². The van der Waals surface area contributed by atoms with Crippen molar-refractivity contribution in [2.75, 3.05) is 19.6 Å². The van der Waals surface area contributed by atoms with Crippen LogP contribution < -0.4 is 10.6 Å². The van der Waals surface area contributed by atoms with E-state index < -0.39 is 0 Å². The molecule has 1 atom stereocenters. The minimum absolute atomic E-state index is 0.250. The second kappa shape index (κ2) is 5.28. The molecule has 1 amide bonds. The van der Waals surface area contributed by atoms with Crippen molar-refractivity contribution in [3.05, 3.63) is 12.4 Å². The second-order valence-corrected chi connectivity index (χ2v) is 5.68. The molecule has 0 radical (unpaired) electrons. The van der Waals surface area contributed by atoms with Crippen molar-refractivity contribution >= 4 is 5.91 Å². The fraction of sp³-hybridized carbons (Fsp3) is 0.769. The molecular formula is C13H21N5O. The average molecular weight is 263 g/mol. The summed E-state index contributed by atoms with van der Waals surface area (Å²) in [5, 5.41) is 14.1. The Morgan fingerprint density at radius 3 is 3.05 bits per heavy atom. The zero-order valence-corrected chi connectivity index (χ0v) is 11.1. The van der Waals surface area contributed by atoms with Crippen molar-refractivity contribution < 1.29 is 4.79 Å². The monoisotopic (exact) mass is 263 g/mol. The molecule has 2 fully saturated rings. The molecule has 0 bridgehead atoms. The summed E-state index contributed by atoms with van der Waals surface area (Å²) in [7, 11) is 0. The summed E-state index contributed by atoms with van der Waals surface area (Å²) in [6.45, 7) is 3.66. The molecule has 1 saturated carbocycles. The zero-order valence-electron chi connectivity index (χ0n) is 11.1. The largest absolute Gasteiger partial charge is 0.356 e. The predicted octanol–water partition coefficient (Wildman–Crippen LogP) is 0.174. The number of nitrogens with one attached hydrogen (secondary N) is 2. The first kappa shape index (κ1) is 12.6. The number of hydrogen-bond donors (Lipinski definition) is 2. The molecule has 6 nitrogen and oxygen atoms in total. The van der Waals surface area contributed by atoms with Gasteiger partial charge in [0.05, 0.1) is 6.20 Å². The summed E-state index contributed by atoms with van der Waals surface area (Å²) < 4.78 is 1.79. The highest BCUT2D eigenvalue weighted by Gasteiger charge is 2.57. The number of nitrogens with zero attached hydrogens (tertiary/aromatic N) is 3. The van der Waals surface area contributed by atoms with Crippen LogP contribution in [0.15, 0.2) is 12.4 Å². The van der Waals surface area contributed by atoms with Gasteiger partial charge in [-0.05, 0) is 44.2 Å². The Morgan fingerprint density at radius 1 is 1.47 bits per heavy atom. The molecule has 2 aliphatic rings. The predicted molar refractivity (Wildman–Crippen MR) is 70.3 cm³/mol. The smallest absolute Gasteiger partial charge is 0.223 e. The summed E-state index contributed by atoms with van der Waals surface area (Å²) in [5.74, 6) is 0.515.